The van der Waals surface area contributed by atoms with E-state index in [0.29, 0.717) is 21.3 Å². The fourth-order valence-corrected chi connectivity index (χ4v) is 4.91. The fourth-order valence-electron chi connectivity index (χ4n) is 2.97. The molecular weight excluding hydrogens is 362 g/mol. The lowest BCUT2D eigenvalue weighted by atomic mass is 9.81. The van der Waals surface area contributed by atoms with Crippen LogP contribution in [0.2, 0.25) is 5.02 Å². The molecule has 6 heteroatoms. The second-order valence-electron chi connectivity index (χ2n) is 5.81. The molecule has 0 heterocycles. The van der Waals surface area contributed by atoms with Gasteiger partial charge in [-0.15, -0.1) is 0 Å². The summed E-state index contributed by atoms with van der Waals surface area (Å²) in [7, 11) is -3.48. The Balaban J connectivity index is 2.16. The largest absolute Gasteiger partial charge is 0.240 e. The lowest BCUT2D eigenvalue weighted by Gasteiger charge is -2.31. The normalized spacial score (nSPS) is 27.5. The van der Waals surface area contributed by atoms with E-state index in [-0.39, 0.29) is 10.9 Å². The molecule has 20 heavy (non-hydrogen) atoms. The molecule has 2 rings (SSSR count). The van der Waals surface area contributed by atoms with E-state index in [2.05, 4.69) is 34.5 Å². The zero-order valence-corrected chi connectivity index (χ0v) is 14.7. The van der Waals surface area contributed by atoms with Crippen LogP contribution in [0, 0.1) is 11.8 Å². The molecule has 0 aromatic heterocycles. The minimum Gasteiger partial charge on any atom is -0.208 e. The first-order chi connectivity index (χ1) is 9.28. The van der Waals surface area contributed by atoms with Crippen molar-refractivity contribution in [2.75, 3.05) is 0 Å². The molecule has 1 aromatic rings. The average Bonchev–Trinajstić information content (AvgIpc) is 2.30. The Morgan fingerprint density at radius 1 is 1.20 bits per heavy atom. The second-order valence-corrected chi connectivity index (χ2v) is 8.79. The van der Waals surface area contributed by atoms with Gasteiger partial charge in [-0.3, -0.25) is 0 Å². The predicted octanol–water partition coefficient (Wildman–Crippen LogP) is 4.21. The van der Waals surface area contributed by atoms with Crippen molar-refractivity contribution < 1.29 is 8.42 Å². The first-order valence-electron chi connectivity index (χ1n) is 6.75. The second kappa shape index (κ2) is 6.34. The number of sulfonamides is 1. The SMILES string of the molecule is CC1CC(C)CC(NS(=O)(=O)c2ccc(Cl)c(Br)c2)C1. The Labute approximate surface area is 134 Å². The molecule has 0 radical (unpaired) electrons. The van der Waals surface area contributed by atoms with E-state index in [0.717, 1.165) is 12.8 Å². The zero-order chi connectivity index (χ0) is 14.9. The molecule has 2 unspecified atom stereocenters. The van der Waals surface area contributed by atoms with Gasteiger partial charge in [0, 0.05) is 10.5 Å². The van der Waals surface area contributed by atoms with Gasteiger partial charge < -0.3 is 0 Å². The predicted molar refractivity (Wildman–Crippen MR) is 85.4 cm³/mol. The minimum atomic E-state index is -3.48. The number of rotatable bonds is 3. The van der Waals surface area contributed by atoms with Crippen LogP contribution in [-0.2, 0) is 10.0 Å². The van der Waals surface area contributed by atoms with Gasteiger partial charge in [-0.2, -0.15) is 0 Å². The molecule has 1 saturated carbocycles. The molecule has 0 saturated heterocycles. The van der Waals surface area contributed by atoms with Gasteiger partial charge in [0.15, 0.2) is 0 Å². The summed E-state index contributed by atoms with van der Waals surface area (Å²) in [5, 5.41) is 0.504. The van der Waals surface area contributed by atoms with Crippen LogP contribution < -0.4 is 4.72 Å². The van der Waals surface area contributed by atoms with Crippen LogP contribution in [0.15, 0.2) is 27.6 Å². The van der Waals surface area contributed by atoms with Crippen molar-refractivity contribution in [2.45, 2.75) is 44.0 Å². The van der Waals surface area contributed by atoms with Crippen LogP contribution >= 0.6 is 27.5 Å². The maximum Gasteiger partial charge on any atom is 0.240 e. The quantitative estimate of drug-likeness (QED) is 0.854. The topological polar surface area (TPSA) is 46.2 Å². The molecular formula is C14H19BrClNO2S. The number of halogens is 2. The summed E-state index contributed by atoms with van der Waals surface area (Å²) in [4.78, 5) is 0.250. The van der Waals surface area contributed by atoms with Crippen LogP contribution in [0.3, 0.4) is 0 Å². The third-order valence-corrected chi connectivity index (χ3v) is 6.43. The van der Waals surface area contributed by atoms with E-state index in [1.54, 1.807) is 12.1 Å². The Hall–Kier alpha value is -0.100. The average molecular weight is 381 g/mol. The van der Waals surface area contributed by atoms with Crippen molar-refractivity contribution in [1.29, 1.82) is 0 Å². The maximum atomic E-state index is 12.4. The van der Waals surface area contributed by atoms with E-state index in [1.807, 2.05) is 0 Å². The van der Waals surface area contributed by atoms with Gasteiger partial charge in [-0.05, 0) is 65.2 Å². The van der Waals surface area contributed by atoms with E-state index >= 15 is 0 Å². The van der Waals surface area contributed by atoms with Crippen molar-refractivity contribution in [1.82, 2.24) is 4.72 Å². The third kappa shape index (κ3) is 3.97. The Morgan fingerprint density at radius 2 is 1.80 bits per heavy atom. The van der Waals surface area contributed by atoms with Crippen molar-refractivity contribution in [2.24, 2.45) is 11.8 Å². The summed E-state index contributed by atoms with van der Waals surface area (Å²) < 4.78 is 28.2. The van der Waals surface area contributed by atoms with Crippen LogP contribution in [-0.4, -0.2) is 14.5 Å². The molecule has 1 fully saturated rings. The van der Waals surface area contributed by atoms with Gasteiger partial charge >= 0.3 is 0 Å². The smallest absolute Gasteiger partial charge is 0.208 e. The number of benzene rings is 1. The van der Waals surface area contributed by atoms with Crippen LogP contribution in [0.1, 0.15) is 33.1 Å². The number of hydrogen-bond acceptors (Lipinski definition) is 2. The monoisotopic (exact) mass is 379 g/mol. The lowest BCUT2D eigenvalue weighted by molar-refractivity contribution is 0.257. The van der Waals surface area contributed by atoms with Gasteiger partial charge in [0.1, 0.15) is 0 Å². The number of nitrogens with one attached hydrogen (secondary N) is 1. The standard InChI is InChI=1S/C14H19BrClNO2S/c1-9-5-10(2)7-11(6-9)17-20(18,19)12-3-4-14(16)13(15)8-12/h3-4,8-11,17H,5-7H2,1-2H3. The first-order valence-corrected chi connectivity index (χ1v) is 9.40. The van der Waals surface area contributed by atoms with Crippen LogP contribution in [0.5, 0.6) is 0 Å². The molecule has 0 bridgehead atoms. The van der Waals surface area contributed by atoms with Crippen LogP contribution in [0.4, 0.5) is 0 Å². The Bertz CT molecular complexity index is 581. The zero-order valence-electron chi connectivity index (χ0n) is 11.6. The van der Waals surface area contributed by atoms with Crippen molar-refractivity contribution in [3.05, 3.63) is 27.7 Å². The number of hydrogen-bond donors (Lipinski definition) is 1. The molecule has 0 spiro atoms. The summed E-state index contributed by atoms with van der Waals surface area (Å²) >= 11 is 9.16. The molecule has 0 amide bonds. The Morgan fingerprint density at radius 3 is 2.35 bits per heavy atom. The maximum absolute atomic E-state index is 12.4. The summed E-state index contributed by atoms with van der Waals surface area (Å²) in [6.45, 7) is 4.35. The third-order valence-electron chi connectivity index (χ3n) is 3.70. The highest BCUT2D eigenvalue weighted by molar-refractivity contribution is 9.10. The molecule has 1 N–H and O–H groups in total. The molecule has 112 valence electrons. The summed E-state index contributed by atoms with van der Waals surface area (Å²) in [5.41, 5.74) is 0. The van der Waals surface area contributed by atoms with E-state index < -0.39 is 10.0 Å². The molecule has 0 aliphatic heterocycles. The summed E-state index contributed by atoms with van der Waals surface area (Å²) in [6.07, 6.45) is 2.97. The van der Waals surface area contributed by atoms with Gasteiger partial charge in [0.25, 0.3) is 0 Å². The highest BCUT2D eigenvalue weighted by atomic mass is 79.9. The van der Waals surface area contributed by atoms with Crippen molar-refractivity contribution in [3.8, 4) is 0 Å². The fraction of sp³-hybridized carbons (Fsp3) is 0.571. The van der Waals surface area contributed by atoms with Gasteiger partial charge in [-0.25, -0.2) is 13.1 Å². The summed E-state index contributed by atoms with van der Waals surface area (Å²) in [5.74, 6) is 1.12. The molecule has 1 aliphatic carbocycles. The molecule has 1 aromatic carbocycles. The molecule has 2 atom stereocenters. The van der Waals surface area contributed by atoms with E-state index in [4.69, 9.17) is 11.6 Å². The van der Waals surface area contributed by atoms with Gasteiger partial charge in [-0.1, -0.05) is 25.4 Å². The lowest BCUT2D eigenvalue weighted by Crippen LogP contribution is -2.39. The minimum absolute atomic E-state index is 0.0215. The van der Waals surface area contributed by atoms with Crippen molar-refractivity contribution in [3.63, 3.8) is 0 Å². The molecule has 3 nitrogen and oxygen atoms in total. The highest BCUT2D eigenvalue weighted by Gasteiger charge is 2.28. The highest BCUT2D eigenvalue weighted by Crippen LogP contribution is 2.30. The van der Waals surface area contributed by atoms with Crippen molar-refractivity contribution >= 4 is 37.6 Å². The summed E-state index contributed by atoms with van der Waals surface area (Å²) in [6, 6.07) is 4.69. The Kier molecular flexibility index (Phi) is 5.16. The van der Waals surface area contributed by atoms with E-state index in [9.17, 15) is 8.42 Å². The molecule has 1 aliphatic rings. The van der Waals surface area contributed by atoms with Gasteiger partial charge in [0.05, 0.1) is 9.92 Å². The first kappa shape index (κ1) is 16.3. The van der Waals surface area contributed by atoms with Gasteiger partial charge in [0.2, 0.25) is 10.0 Å². The van der Waals surface area contributed by atoms with Crippen LogP contribution in [0.25, 0.3) is 0 Å². The van der Waals surface area contributed by atoms with E-state index in [1.165, 1.54) is 12.5 Å².